The van der Waals surface area contributed by atoms with Crippen LogP contribution in [0.1, 0.15) is 30.8 Å². The summed E-state index contributed by atoms with van der Waals surface area (Å²) < 4.78 is 15.8. The van der Waals surface area contributed by atoms with E-state index in [4.69, 9.17) is 9.15 Å². The molecule has 1 unspecified atom stereocenters. The lowest BCUT2D eigenvalue weighted by Gasteiger charge is -2.14. The third-order valence-electron chi connectivity index (χ3n) is 4.05. The Hall–Kier alpha value is -2.67. The number of nitrogens with one attached hydrogen (secondary N) is 1. The third-order valence-corrected chi connectivity index (χ3v) is 4.05. The van der Waals surface area contributed by atoms with E-state index < -0.39 is 0 Å². The Morgan fingerprint density at radius 1 is 1.28 bits per heavy atom. The lowest BCUT2D eigenvalue weighted by atomic mass is 10.1. The average molecular weight is 343 g/mol. The van der Waals surface area contributed by atoms with Gasteiger partial charge in [-0.3, -0.25) is 0 Å². The molecule has 7 nitrogen and oxygen atoms in total. The molecule has 0 aliphatic rings. The van der Waals surface area contributed by atoms with Crippen LogP contribution in [0.15, 0.2) is 38.1 Å². The van der Waals surface area contributed by atoms with Gasteiger partial charge < -0.3 is 14.5 Å². The molecule has 0 saturated heterocycles. The fourth-order valence-corrected chi connectivity index (χ4v) is 2.55. The van der Waals surface area contributed by atoms with Gasteiger partial charge in [-0.25, -0.2) is 9.42 Å². The Labute approximate surface area is 144 Å². The van der Waals surface area contributed by atoms with Gasteiger partial charge in [-0.2, -0.15) is 0 Å². The van der Waals surface area contributed by atoms with Gasteiger partial charge in [0.2, 0.25) is 0 Å². The van der Waals surface area contributed by atoms with Crippen LogP contribution in [0.3, 0.4) is 0 Å². The van der Waals surface area contributed by atoms with E-state index in [2.05, 4.69) is 20.3 Å². The fraction of sp³-hybridized carbons (Fsp3) is 0.389. The monoisotopic (exact) mass is 343 g/mol. The smallest absolute Gasteiger partial charge is 0.336 e. The maximum absolute atomic E-state index is 11.6. The van der Waals surface area contributed by atoms with Crippen molar-refractivity contribution in [3.63, 3.8) is 0 Å². The van der Waals surface area contributed by atoms with Crippen molar-refractivity contribution in [3.8, 4) is 5.75 Å². The number of rotatable bonds is 7. The fourth-order valence-electron chi connectivity index (χ4n) is 2.55. The number of fused-ring (bicyclic) bond motifs is 1. The number of nitrogens with zero attached hydrogens (tertiary/aromatic N) is 2. The first-order valence-corrected chi connectivity index (χ1v) is 8.27. The van der Waals surface area contributed by atoms with Crippen molar-refractivity contribution in [3.05, 3.63) is 51.6 Å². The van der Waals surface area contributed by atoms with Crippen molar-refractivity contribution in [1.29, 1.82) is 0 Å². The number of benzene rings is 1. The van der Waals surface area contributed by atoms with Crippen molar-refractivity contribution in [1.82, 2.24) is 15.6 Å². The second-order valence-electron chi connectivity index (χ2n) is 5.99. The molecule has 0 aliphatic carbocycles. The van der Waals surface area contributed by atoms with E-state index >= 15 is 0 Å². The molecule has 132 valence electrons. The SMILES string of the molecule is CCc1cc(=O)oc2cc(OCC(C)NCc3nonc3C)ccc12. The van der Waals surface area contributed by atoms with E-state index in [1.165, 1.54) is 6.07 Å². The van der Waals surface area contributed by atoms with Crippen molar-refractivity contribution in [2.75, 3.05) is 6.61 Å². The van der Waals surface area contributed by atoms with E-state index in [9.17, 15) is 4.79 Å². The highest BCUT2D eigenvalue weighted by atomic mass is 16.6. The number of hydrogen-bond donors (Lipinski definition) is 1. The summed E-state index contributed by atoms with van der Waals surface area (Å²) in [6.07, 6.45) is 0.777. The molecule has 0 spiro atoms. The van der Waals surface area contributed by atoms with Crippen LogP contribution in [-0.2, 0) is 13.0 Å². The molecule has 0 amide bonds. The van der Waals surface area contributed by atoms with E-state index in [-0.39, 0.29) is 11.7 Å². The molecule has 25 heavy (non-hydrogen) atoms. The summed E-state index contributed by atoms with van der Waals surface area (Å²) in [6, 6.07) is 7.21. The summed E-state index contributed by atoms with van der Waals surface area (Å²) in [5, 5.41) is 11.8. The van der Waals surface area contributed by atoms with Gasteiger partial charge in [-0.15, -0.1) is 0 Å². The van der Waals surface area contributed by atoms with Gasteiger partial charge in [-0.1, -0.05) is 17.2 Å². The highest BCUT2D eigenvalue weighted by molar-refractivity contribution is 5.81. The van der Waals surface area contributed by atoms with Gasteiger partial charge in [0.1, 0.15) is 29.3 Å². The zero-order chi connectivity index (χ0) is 17.8. The van der Waals surface area contributed by atoms with Crippen LogP contribution in [0.25, 0.3) is 11.0 Å². The molecular weight excluding hydrogens is 322 g/mol. The average Bonchev–Trinajstić information content (AvgIpc) is 3.02. The summed E-state index contributed by atoms with van der Waals surface area (Å²) in [5.41, 5.74) is 2.74. The minimum atomic E-state index is -0.340. The number of aromatic nitrogens is 2. The molecule has 0 fully saturated rings. The van der Waals surface area contributed by atoms with Gasteiger partial charge in [0.25, 0.3) is 0 Å². The van der Waals surface area contributed by atoms with Gasteiger partial charge in [-0.05, 0) is 38.0 Å². The first kappa shape index (κ1) is 17.2. The van der Waals surface area contributed by atoms with Crippen LogP contribution in [0.4, 0.5) is 0 Å². The molecule has 1 aromatic carbocycles. The molecule has 3 rings (SSSR count). The van der Waals surface area contributed by atoms with Crippen molar-refractivity contribution < 1.29 is 13.8 Å². The highest BCUT2D eigenvalue weighted by Gasteiger charge is 2.09. The normalized spacial score (nSPS) is 12.4. The quantitative estimate of drug-likeness (QED) is 0.659. The Bertz CT molecular complexity index is 916. The second kappa shape index (κ2) is 7.48. The number of aryl methyl sites for hydroxylation is 2. The first-order valence-electron chi connectivity index (χ1n) is 8.27. The van der Waals surface area contributed by atoms with Gasteiger partial charge >= 0.3 is 5.63 Å². The van der Waals surface area contributed by atoms with Crippen molar-refractivity contribution in [2.24, 2.45) is 0 Å². The summed E-state index contributed by atoms with van der Waals surface area (Å²) in [4.78, 5) is 11.6. The molecule has 0 radical (unpaired) electrons. The van der Waals surface area contributed by atoms with Crippen LogP contribution >= 0.6 is 0 Å². The lowest BCUT2D eigenvalue weighted by Crippen LogP contribution is -2.31. The van der Waals surface area contributed by atoms with E-state index in [0.29, 0.717) is 24.5 Å². The third kappa shape index (κ3) is 4.06. The predicted molar refractivity (Wildman–Crippen MR) is 92.7 cm³/mol. The molecule has 0 bridgehead atoms. The van der Waals surface area contributed by atoms with Crippen molar-refractivity contribution >= 4 is 11.0 Å². The maximum Gasteiger partial charge on any atom is 0.336 e. The van der Waals surface area contributed by atoms with Gasteiger partial charge in [0, 0.05) is 30.1 Å². The van der Waals surface area contributed by atoms with Crippen LogP contribution in [0, 0.1) is 6.92 Å². The summed E-state index contributed by atoms with van der Waals surface area (Å²) in [5.74, 6) is 0.664. The van der Waals surface area contributed by atoms with E-state index in [1.54, 1.807) is 6.07 Å². The van der Waals surface area contributed by atoms with Crippen LogP contribution in [-0.4, -0.2) is 23.0 Å². The Balaban J connectivity index is 1.63. The Morgan fingerprint density at radius 2 is 2.12 bits per heavy atom. The molecule has 2 heterocycles. The molecular formula is C18H21N3O4. The molecule has 0 saturated carbocycles. The zero-order valence-electron chi connectivity index (χ0n) is 14.5. The predicted octanol–water partition coefficient (Wildman–Crippen LogP) is 2.60. The van der Waals surface area contributed by atoms with Crippen LogP contribution in [0.2, 0.25) is 0 Å². The Morgan fingerprint density at radius 3 is 2.84 bits per heavy atom. The number of ether oxygens (including phenoxy) is 1. The topological polar surface area (TPSA) is 90.4 Å². The zero-order valence-corrected chi connectivity index (χ0v) is 14.5. The van der Waals surface area contributed by atoms with E-state index in [1.807, 2.05) is 32.9 Å². The number of hydrogen-bond acceptors (Lipinski definition) is 7. The highest BCUT2D eigenvalue weighted by Crippen LogP contribution is 2.23. The van der Waals surface area contributed by atoms with E-state index in [0.717, 1.165) is 28.8 Å². The molecule has 3 aromatic rings. The standard InChI is InChI=1S/C18H21N3O4/c1-4-13-7-18(22)24-17-8-14(5-6-15(13)17)23-10-11(2)19-9-16-12(3)20-25-21-16/h5-8,11,19H,4,9-10H2,1-3H3. The summed E-state index contributed by atoms with van der Waals surface area (Å²) in [7, 11) is 0. The Kier molecular flexibility index (Phi) is 5.14. The van der Waals surface area contributed by atoms with Gasteiger partial charge in [0.05, 0.1) is 0 Å². The molecule has 1 atom stereocenters. The van der Waals surface area contributed by atoms with Crippen molar-refractivity contribution in [2.45, 2.75) is 39.8 Å². The van der Waals surface area contributed by atoms with Crippen LogP contribution < -0.4 is 15.7 Å². The first-order chi connectivity index (χ1) is 12.1. The molecule has 1 N–H and O–H groups in total. The second-order valence-corrected chi connectivity index (χ2v) is 5.99. The minimum Gasteiger partial charge on any atom is -0.492 e. The summed E-state index contributed by atoms with van der Waals surface area (Å²) in [6.45, 7) is 6.90. The molecule has 2 aromatic heterocycles. The van der Waals surface area contributed by atoms with Crippen LogP contribution in [0.5, 0.6) is 5.75 Å². The maximum atomic E-state index is 11.6. The largest absolute Gasteiger partial charge is 0.492 e. The minimum absolute atomic E-state index is 0.0979. The molecule has 7 heteroatoms. The van der Waals surface area contributed by atoms with Gasteiger partial charge in [0.15, 0.2) is 0 Å². The molecule has 0 aliphatic heterocycles. The lowest BCUT2D eigenvalue weighted by molar-refractivity contribution is 0.269. The summed E-state index contributed by atoms with van der Waals surface area (Å²) >= 11 is 0.